The third-order valence-electron chi connectivity index (χ3n) is 6.57. The maximum Gasteiger partial charge on any atom is 0.255 e. The monoisotopic (exact) mass is 589 g/mol. The predicted molar refractivity (Wildman–Crippen MR) is 170 cm³/mol. The number of aromatic nitrogens is 1. The summed E-state index contributed by atoms with van der Waals surface area (Å²) in [4.78, 5) is 32.0. The van der Waals surface area contributed by atoms with Crippen molar-refractivity contribution in [3.8, 4) is 11.3 Å². The van der Waals surface area contributed by atoms with Crippen LogP contribution < -0.4 is 10.6 Å². The number of amides is 2. The number of thioether (sulfide) groups is 1. The normalized spacial score (nSPS) is 11.6. The quantitative estimate of drug-likeness (QED) is 0.174. The molecule has 6 rings (SSSR count). The van der Waals surface area contributed by atoms with Crippen molar-refractivity contribution in [2.45, 2.75) is 10.1 Å². The smallest absolute Gasteiger partial charge is 0.255 e. The van der Waals surface area contributed by atoms with Gasteiger partial charge in [0.2, 0.25) is 5.91 Å². The molecular weight excluding hydrogens is 566 g/mol. The van der Waals surface area contributed by atoms with Crippen molar-refractivity contribution in [1.82, 2.24) is 4.98 Å². The molecule has 206 valence electrons. The van der Waals surface area contributed by atoms with Gasteiger partial charge in [0.1, 0.15) is 11.1 Å². The first-order chi connectivity index (χ1) is 20.5. The Bertz CT molecular complexity index is 1870. The average Bonchev–Trinajstić information content (AvgIpc) is 3.49. The Morgan fingerprint density at radius 3 is 2.33 bits per heavy atom. The summed E-state index contributed by atoms with van der Waals surface area (Å²) >= 11 is 2.69. The van der Waals surface area contributed by atoms with Gasteiger partial charge in [-0.05, 0) is 70.9 Å². The highest BCUT2D eigenvalue weighted by atomic mass is 32.2. The summed E-state index contributed by atoms with van der Waals surface area (Å²) in [6.45, 7) is 0. The molecule has 0 aliphatic rings. The van der Waals surface area contributed by atoms with Gasteiger partial charge in [0.15, 0.2) is 5.13 Å². The zero-order valence-electron chi connectivity index (χ0n) is 22.2. The zero-order valence-corrected chi connectivity index (χ0v) is 23.8. The van der Waals surface area contributed by atoms with Gasteiger partial charge < -0.3 is 10.6 Å². The Morgan fingerprint density at radius 1 is 0.762 bits per heavy atom. The van der Waals surface area contributed by atoms with Gasteiger partial charge in [-0.3, -0.25) is 9.59 Å². The van der Waals surface area contributed by atoms with Crippen molar-refractivity contribution in [1.29, 1.82) is 0 Å². The lowest BCUT2D eigenvalue weighted by molar-refractivity contribution is -0.115. The molecule has 8 heteroatoms. The molecule has 0 aliphatic carbocycles. The molecule has 1 atom stereocenters. The molecule has 0 radical (unpaired) electrons. The first-order valence-corrected chi connectivity index (χ1v) is 14.9. The number of carbonyl (C=O) groups is 2. The number of nitrogens with zero attached hydrogens (tertiary/aromatic N) is 1. The molecule has 0 spiro atoms. The van der Waals surface area contributed by atoms with E-state index in [-0.39, 0.29) is 17.6 Å². The zero-order chi connectivity index (χ0) is 28.9. The third-order valence-corrected chi connectivity index (χ3v) is 8.58. The Kier molecular flexibility index (Phi) is 8.07. The highest BCUT2D eigenvalue weighted by Crippen LogP contribution is 2.38. The van der Waals surface area contributed by atoms with Crippen LogP contribution in [0.25, 0.3) is 22.0 Å². The van der Waals surface area contributed by atoms with Crippen LogP contribution in [0.3, 0.4) is 0 Å². The average molecular weight is 590 g/mol. The van der Waals surface area contributed by atoms with Crippen LogP contribution in [0.1, 0.15) is 21.2 Å². The molecule has 1 aromatic heterocycles. The molecule has 0 aliphatic heterocycles. The lowest BCUT2D eigenvalue weighted by atomic mass is 10.1. The maximum atomic E-state index is 13.6. The number of hydrogen-bond acceptors (Lipinski definition) is 5. The Labute approximate surface area is 250 Å². The van der Waals surface area contributed by atoms with Crippen LogP contribution in [-0.4, -0.2) is 16.8 Å². The Balaban J connectivity index is 1.19. The number of rotatable bonds is 8. The summed E-state index contributed by atoms with van der Waals surface area (Å²) in [6.07, 6.45) is 0. The molecule has 5 aromatic carbocycles. The number of thiazole rings is 1. The molecular formula is C34H24FN3O2S2. The third kappa shape index (κ3) is 6.40. The van der Waals surface area contributed by atoms with Crippen LogP contribution in [0.15, 0.2) is 132 Å². The fourth-order valence-corrected chi connectivity index (χ4v) is 6.28. The molecule has 0 bridgehead atoms. The molecule has 2 N–H and O–H groups in total. The summed E-state index contributed by atoms with van der Waals surface area (Å²) < 4.78 is 13.3. The van der Waals surface area contributed by atoms with Gasteiger partial charge in [-0.1, -0.05) is 66.7 Å². The molecule has 0 saturated carbocycles. The number of fused-ring (bicyclic) bond motifs is 1. The van der Waals surface area contributed by atoms with E-state index in [2.05, 4.69) is 15.6 Å². The van der Waals surface area contributed by atoms with E-state index >= 15 is 0 Å². The Morgan fingerprint density at radius 2 is 1.52 bits per heavy atom. The second-order valence-electron chi connectivity index (χ2n) is 9.49. The number of carbonyl (C=O) groups excluding carboxylic acids is 2. The summed E-state index contributed by atoms with van der Waals surface area (Å²) in [6, 6.07) is 36.6. The van der Waals surface area contributed by atoms with Crippen molar-refractivity contribution in [3.05, 3.63) is 144 Å². The number of nitrogens with one attached hydrogen (secondary N) is 2. The molecule has 1 heterocycles. The molecule has 42 heavy (non-hydrogen) atoms. The van der Waals surface area contributed by atoms with Crippen LogP contribution in [0.2, 0.25) is 0 Å². The van der Waals surface area contributed by atoms with E-state index in [4.69, 9.17) is 0 Å². The fraction of sp³-hybridized carbons (Fsp3) is 0.0294. The lowest BCUT2D eigenvalue weighted by Crippen LogP contribution is -2.19. The lowest BCUT2D eigenvalue weighted by Gasteiger charge is -2.17. The van der Waals surface area contributed by atoms with Gasteiger partial charge in [0.05, 0.1) is 5.69 Å². The van der Waals surface area contributed by atoms with Crippen molar-refractivity contribution in [2.24, 2.45) is 0 Å². The van der Waals surface area contributed by atoms with Gasteiger partial charge in [-0.15, -0.1) is 23.1 Å². The largest absolute Gasteiger partial charge is 0.322 e. The standard InChI is InChI=1S/C34H24FN3O2S2/c35-27-17-15-23(16-18-27)30-21-41-34(37-30)38-33(40)31(24-8-2-1-3-9-24)42-29-12-6-11-28(20-29)36-32(39)26-14-13-22-7-4-5-10-25(22)19-26/h1-21,31H,(H,36,39)(H,37,38,40). The number of anilines is 2. The van der Waals surface area contributed by atoms with Gasteiger partial charge in [-0.25, -0.2) is 9.37 Å². The van der Waals surface area contributed by atoms with E-state index in [0.29, 0.717) is 22.1 Å². The second-order valence-corrected chi connectivity index (χ2v) is 11.5. The number of hydrogen-bond donors (Lipinski definition) is 2. The SMILES string of the molecule is O=C(Nc1cccc(SC(C(=O)Nc2nc(-c3ccc(F)cc3)cs2)c2ccccc2)c1)c1ccc2ccccc2c1. The van der Waals surface area contributed by atoms with E-state index in [0.717, 1.165) is 26.8 Å². The molecule has 0 saturated heterocycles. The number of halogens is 1. The van der Waals surface area contributed by atoms with Gasteiger partial charge in [0, 0.05) is 27.1 Å². The second kappa shape index (κ2) is 12.4. The highest BCUT2D eigenvalue weighted by molar-refractivity contribution is 8.00. The molecule has 6 aromatic rings. The molecule has 5 nitrogen and oxygen atoms in total. The van der Waals surface area contributed by atoms with Crippen LogP contribution >= 0.6 is 23.1 Å². The minimum atomic E-state index is -0.573. The molecule has 1 unspecified atom stereocenters. The van der Waals surface area contributed by atoms with Crippen molar-refractivity contribution < 1.29 is 14.0 Å². The predicted octanol–water partition coefficient (Wildman–Crippen LogP) is 8.83. The van der Waals surface area contributed by atoms with Crippen molar-refractivity contribution >= 4 is 56.5 Å². The minimum absolute atomic E-state index is 0.207. The summed E-state index contributed by atoms with van der Waals surface area (Å²) in [7, 11) is 0. The van der Waals surface area contributed by atoms with E-state index < -0.39 is 5.25 Å². The van der Waals surface area contributed by atoms with Crippen LogP contribution in [-0.2, 0) is 4.79 Å². The summed E-state index contributed by atoms with van der Waals surface area (Å²) in [5.41, 5.74) is 3.46. The van der Waals surface area contributed by atoms with Crippen molar-refractivity contribution in [2.75, 3.05) is 10.6 Å². The van der Waals surface area contributed by atoms with E-state index in [1.807, 2.05) is 102 Å². The van der Waals surface area contributed by atoms with Crippen LogP contribution in [0.4, 0.5) is 15.2 Å². The van der Waals surface area contributed by atoms with E-state index in [1.165, 1.54) is 35.2 Å². The minimum Gasteiger partial charge on any atom is -0.322 e. The van der Waals surface area contributed by atoms with Gasteiger partial charge in [-0.2, -0.15) is 0 Å². The topological polar surface area (TPSA) is 71.1 Å². The van der Waals surface area contributed by atoms with E-state index in [1.54, 1.807) is 12.1 Å². The van der Waals surface area contributed by atoms with Crippen LogP contribution in [0.5, 0.6) is 0 Å². The first-order valence-electron chi connectivity index (χ1n) is 13.2. The van der Waals surface area contributed by atoms with Crippen LogP contribution in [0, 0.1) is 5.82 Å². The number of benzene rings is 5. The van der Waals surface area contributed by atoms with Gasteiger partial charge >= 0.3 is 0 Å². The van der Waals surface area contributed by atoms with E-state index in [9.17, 15) is 14.0 Å². The summed E-state index contributed by atoms with van der Waals surface area (Å²) in [5, 5.41) is 9.71. The maximum absolute atomic E-state index is 13.6. The first kappa shape index (κ1) is 27.4. The Hall–Kier alpha value is -4.79. The molecule has 2 amide bonds. The van der Waals surface area contributed by atoms with Gasteiger partial charge in [0.25, 0.3) is 5.91 Å². The molecule has 0 fully saturated rings. The summed E-state index contributed by atoms with van der Waals surface area (Å²) in [5.74, 6) is -0.750. The highest BCUT2D eigenvalue weighted by Gasteiger charge is 2.23. The van der Waals surface area contributed by atoms with Crippen molar-refractivity contribution in [3.63, 3.8) is 0 Å². The fourth-order valence-electron chi connectivity index (χ4n) is 4.47.